The van der Waals surface area contributed by atoms with E-state index in [2.05, 4.69) is 26.8 Å². The predicted octanol–water partition coefficient (Wildman–Crippen LogP) is 4.90. The summed E-state index contributed by atoms with van der Waals surface area (Å²) in [6, 6.07) is 8.30. The van der Waals surface area contributed by atoms with Crippen LogP contribution in [-0.2, 0) is 0 Å². The normalized spacial score (nSPS) is 16.3. The molecule has 2 N–H and O–H groups in total. The lowest BCUT2D eigenvalue weighted by atomic mass is 10.0. The molecule has 1 aromatic rings. The molecule has 0 aliphatic heterocycles. The molecule has 0 amide bonds. The van der Waals surface area contributed by atoms with E-state index in [-0.39, 0.29) is 6.04 Å². The molecule has 1 nitrogen and oxygen atoms in total. The first-order chi connectivity index (χ1) is 8.58. The zero-order valence-electron chi connectivity index (χ0n) is 11.5. The van der Waals surface area contributed by atoms with E-state index in [1.165, 1.54) is 12.0 Å². The van der Waals surface area contributed by atoms with Gasteiger partial charge >= 0.3 is 0 Å². The largest absolute Gasteiger partial charge is 0.326 e. The lowest BCUT2D eigenvalue weighted by molar-refractivity contribution is 0.615. The smallest absolute Gasteiger partial charge is 0.0448 e. The van der Waals surface area contributed by atoms with Crippen molar-refractivity contribution in [3.05, 3.63) is 34.9 Å². The topological polar surface area (TPSA) is 26.0 Å². The summed E-state index contributed by atoms with van der Waals surface area (Å²) in [6.07, 6.45) is 2.21. The molecule has 0 aliphatic rings. The van der Waals surface area contributed by atoms with Gasteiger partial charge in [-0.3, -0.25) is 0 Å². The van der Waals surface area contributed by atoms with Crippen molar-refractivity contribution >= 4 is 23.4 Å². The summed E-state index contributed by atoms with van der Waals surface area (Å²) < 4.78 is 0. The Labute approximate surface area is 120 Å². The van der Waals surface area contributed by atoms with Crippen molar-refractivity contribution in [1.29, 1.82) is 0 Å². The van der Waals surface area contributed by atoms with Gasteiger partial charge in [-0.2, -0.15) is 11.8 Å². The quantitative estimate of drug-likeness (QED) is 0.771. The Balaban J connectivity index is 2.78. The lowest BCUT2D eigenvalue weighted by Gasteiger charge is -2.24. The molecule has 18 heavy (non-hydrogen) atoms. The summed E-state index contributed by atoms with van der Waals surface area (Å²) in [7, 11) is 0. The fourth-order valence-corrected chi connectivity index (χ4v) is 3.50. The fourth-order valence-electron chi connectivity index (χ4n) is 1.75. The van der Waals surface area contributed by atoms with Crippen LogP contribution in [0.3, 0.4) is 0 Å². The van der Waals surface area contributed by atoms with Crippen LogP contribution in [-0.4, -0.2) is 11.8 Å². The predicted molar refractivity (Wildman–Crippen MR) is 84.4 cm³/mol. The lowest BCUT2D eigenvalue weighted by Crippen LogP contribution is -2.26. The van der Waals surface area contributed by atoms with Gasteiger partial charge < -0.3 is 5.73 Å². The second-order valence-electron chi connectivity index (χ2n) is 4.89. The molecule has 0 heterocycles. The highest BCUT2D eigenvalue weighted by Gasteiger charge is 2.20. The van der Waals surface area contributed by atoms with E-state index in [1.54, 1.807) is 0 Å². The first-order valence-electron chi connectivity index (χ1n) is 6.71. The third kappa shape index (κ3) is 4.83. The molecule has 0 radical (unpaired) electrons. The van der Waals surface area contributed by atoms with Gasteiger partial charge in [0.2, 0.25) is 0 Å². The van der Waals surface area contributed by atoms with Crippen LogP contribution >= 0.6 is 23.4 Å². The molecule has 102 valence electrons. The van der Waals surface area contributed by atoms with Gasteiger partial charge in [0.05, 0.1) is 0 Å². The van der Waals surface area contributed by atoms with Crippen molar-refractivity contribution in [3.8, 4) is 0 Å². The monoisotopic (exact) mass is 285 g/mol. The molecule has 3 atom stereocenters. The minimum atomic E-state index is 0.192. The molecule has 1 rings (SSSR count). The molecule has 0 saturated carbocycles. The number of hydrogen-bond donors (Lipinski definition) is 1. The van der Waals surface area contributed by atoms with Crippen LogP contribution < -0.4 is 5.73 Å². The Kier molecular flexibility index (Phi) is 7.13. The van der Waals surface area contributed by atoms with E-state index in [0.29, 0.717) is 5.25 Å². The molecule has 1 aromatic carbocycles. The summed E-state index contributed by atoms with van der Waals surface area (Å²) >= 11 is 8.04. The van der Waals surface area contributed by atoms with Crippen LogP contribution in [0.1, 0.15) is 44.4 Å². The van der Waals surface area contributed by atoms with Crippen LogP contribution in [0.25, 0.3) is 0 Å². The van der Waals surface area contributed by atoms with Crippen molar-refractivity contribution in [2.45, 2.75) is 44.9 Å². The summed E-state index contributed by atoms with van der Waals surface area (Å²) in [6.45, 7) is 6.67. The van der Waals surface area contributed by atoms with Gasteiger partial charge in [0.25, 0.3) is 0 Å². The Morgan fingerprint density at radius 1 is 1.28 bits per heavy atom. The highest BCUT2D eigenvalue weighted by Crippen LogP contribution is 2.35. The Morgan fingerprint density at radius 2 is 2.00 bits per heavy atom. The average molecular weight is 286 g/mol. The van der Waals surface area contributed by atoms with Crippen molar-refractivity contribution in [1.82, 2.24) is 0 Å². The summed E-state index contributed by atoms with van der Waals surface area (Å²) in [5, 5.41) is 1.15. The molecule has 0 bridgehead atoms. The number of thioether (sulfide) groups is 1. The zero-order valence-corrected chi connectivity index (χ0v) is 13.1. The maximum atomic E-state index is 6.26. The Morgan fingerprint density at radius 3 is 2.56 bits per heavy atom. The van der Waals surface area contributed by atoms with E-state index >= 15 is 0 Å². The highest BCUT2D eigenvalue weighted by molar-refractivity contribution is 7.99. The first kappa shape index (κ1) is 15.9. The van der Waals surface area contributed by atoms with Crippen molar-refractivity contribution in [3.63, 3.8) is 0 Å². The standard InChI is InChI=1S/C15H24ClNS/c1-4-11(3)10-18-15(14(17)5-2)12-7-6-8-13(16)9-12/h6-9,11,14-15H,4-5,10,17H2,1-3H3. The summed E-state index contributed by atoms with van der Waals surface area (Å²) in [5.41, 5.74) is 7.52. The van der Waals surface area contributed by atoms with Crippen LogP contribution in [0.5, 0.6) is 0 Å². The average Bonchev–Trinajstić information content (AvgIpc) is 2.38. The molecule has 0 fully saturated rings. The van der Waals surface area contributed by atoms with E-state index in [0.717, 1.165) is 23.1 Å². The van der Waals surface area contributed by atoms with Crippen LogP contribution in [0, 0.1) is 5.92 Å². The van der Waals surface area contributed by atoms with Crippen LogP contribution in [0.15, 0.2) is 24.3 Å². The van der Waals surface area contributed by atoms with E-state index in [4.69, 9.17) is 17.3 Å². The first-order valence-corrected chi connectivity index (χ1v) is 8.13. The minimum Gasteiger partial charge on any atom is -0.326 e. The molecular weight excluding hydrogens is 262 g/mol. The maximum Gasteiger partial charge on any atom is 0.0448 e. The number of hydrogen-bond acceptors (Lipinski definition) is 2. The van der Waals surface area contributed by atoms with Gasteiger partial charge in [0.15, 0.2) is 0 Å². The third-order valence-corrected chi connectivity index (χ3v) is 5.27. The number of benzene rings is 1. The van der Waals surface area contributed by atoms with E-state index < -0.39 is 0 Å². The molecule has 3 heteroatoms. The summed E-state index contributed by atoms with van der Waals surface area (Å²) in [4.78, 5) is 0. The number of halogens is 1. The van der Waals surface area contributed by atoms with Gasteiger partial charge in [-0.25, -0.2) is 0 Å². The number of nitrogens with two attached hydrogens (primary N) is 1. The summed E-state index contributed by atoms with van der Waals surface area (Å²) in [5.74, 6) is 1.89. The SMILES string of the molecule is CCC(C)CSC(c1cccc(Cl)c1)C(N)CC. The second-order valence-corrected chi connectivity index (χ2v) is 6.51. The van der Waals surface area contributed by atoms with Gasteiger partial charge in [0, 0.05) is 16.3 Å². The zero-order chi connectivity index (χ0) is 13.5. The van der Waals surface area contributed by atoms with Gasteiger partial charge in [-0.15, -0.1) is 0 Å². The van der Waals surface area contributed by atoms with Crippen LogP contribution in [0.2, 0.25) is 5.02 Å². The molecule has 0 aromatic heterocycles. The van der Waals surface area contributed by atoms with Gasteiger partial charge in [0.1, 0.15) is 0 Å². The van der Waals surface area contributed by atoms with Crippen molar-refractivity contribution < 1.29 is 0 Å². The molecule has 0 saturated heterocycles. The van der Waals surface area contributed by atoms with E-state index in [1.807, 2.05) is 30.0 Å². The fraction of sp³-hybridized carbons (Fsp3) is 0.600. The maximum absolute atomic E-state index is 6.26. The van der Waals surface area contributed by atoms with Crippen molar-refractivity contribution in [2.75, 3.05) is 5.75 Å². The molecule has 0 spiro atoms. The molecule has 3 unspecified atom stereocenters. The van der Waals surface area contributed by atoms with Gasteiger partial charge in [-0.05, 0) is 35.8 Å². The third-order valence-electron chi connectivity index (χ3n) is 3.29. The van der Waals surface area contributed by atoms with Crippen molar-refractivity contribution in [2.24, 2.45) is 11.7 Å². The highest BCUT2D eigenvalue weighted by atomic mass is 35.5. The Hall–Kier alpha value is -0.180. The van der Waals surface area contributed by atoms with Gasteiger partial charge in [-0.1, -0.05) is 50.9 Å². The second kappa shape index (κ2) is 8.08. The molecule has 0 aliphatic carbocycles. The minimum absolute atomic E-state index is 0.192. The van der Waals surface area contributed by atoms with Crippen LogP contribution in [0.4, 0.5) is 0 Å². The Bertz CT molecular complexity index is 356. The number of rotatable bonds is 7. The van der Waals surface area contributed by atoms with E-state index in [9.17, 15) is 0 Å². The molecular formula is C15H24ClNS.